The first-order valence-electron chi connectivity index (χ1n) is 4.76. The lowest BCUT2D eigenvalue weighted by molar-refractivity contribution is -0.134. The summed E-state index contributed by atoms with van der Waals surface area (Å²) in [6.45, 7) is 0. The number of alkyl halides is 3. The zero-order chi connectivity index (χ0) is 13.1. The molecule has 96 valence electrons. The van der Waals surface area contributed by atoms with Gasteiger partial charge in [0.25, 0.3) is 0 Å². The quantitative estimate of drug-likeness (QED) is 0.788. The summed E-state index contributed by atoms with van der Waals surface area (Å²) in [5.74, 6) is -1.38. The molecule has 0 saturated carbocycles. The summed E-state index contributed by atoms with van der Waals surface area (Å²) in [5.41, 5.74) is 0. The Bertz CT molecular complexity index is 479. The van der Waals surface area contributed by atoms with Crippen LogP contribution in [0.3, 0.4) is 0 Å². The van der Waals surface area contributed by atoms with E-state index < -0.39 is 40.4 Å². The van der Waals surface area contributed by atoms with Gasteiger partial charge >= 0.3 is 6.18 Å². The van der Waals surface area contributed by atoms with E-state index in [-0.39, 0.29) is 4.90 Å². The number of rotatable bonds is 4. The summed E-state index contributed by atoms with van der Waals surface area (Å²) in [7, 11) is -3.85. The van der Waals surface area contributed by atoms with Crippen LogP contribution in [0.1, 0.15) is 12.8 Å². The maximum atomic E-state index is 12.8. The molecule has 0 aromatic heterocycles. The monoisotopic (exact) mass is 270 g/mol. The fourth-order valence-corrected chi connectivity index (χ4v) is 2.58. The van der Waals surface area contributed by atoms with Crippen molar-refractivity contribution < 1.29 is 26.0 Å². The van der Waals surface area contributed by atoms with Crippen molar-refractivity contribution in [3.8, 4) is 0 Å². The van der Waals surface area contributed by atoms with Crippen LogP contribution < -0.4 is 0 Å². The van der Waals surface area contributed by atoms with Crippen molar-refractivity contribution in [3.05, 3.63) is 30.1 Å². The van der Waals surface area contributed by atoms with Gasteiger partial charge < -0.3 is 0 Å². The van der Waals surface area contributed by atoms with Crippen LogP contribution in [0.2, 0.25) is 0 Å². The van der Waals surface area contributed by atoms with E-state index in [2.05, 4.69) is 0 Å². The molecule has 0 amide bonds. The van der Waals surface area contributed by atoms with Crippen molar-refractivity contribution in [2.75, 3.05) is 5.75 Å². The highest BCUT2D eigenvalue weighted by molar-refractivity contribution is 7.91. The molecule has 0 aliphatic carbocycles. The molecule has 0 unspecified atom stereocenters. The lowest BCUT2D eigenvalue weighted by Crippen LogP contribution is -2.12. The molecule has 2 nitrogen and oxygen atoms in total. The second-order valence-electron chi connectivity index (χ2n) is 3.49. The van der Waals surface area contributed by atoms with Crippen LogP contribution in [0.4, 0.5) is 17.6 Å². The minimum absolute atomic E-state index is 0.292. The minimum Gasteiger partial charge on any atom is -0.224 e. The van der Waals surface area contributed by atoms with Gasteiger partial charge in [-0.05, 0) is 24.6 Å². The molecule has 0 N–H and O–H groups in total. The molecule has 0 atom stereocenters. The molecule has 1 rings (SSSR count). The minimum atomic E-state index is -4.38. The first kappa shape index (κ1) is 14.0. The van der Waals surface area contributed by atoms with Crippen LogP contribution in [0, 0.1) is 5.82 Å². The van der Waals surface area contributed by atoms with Crippen LogP contribution in [-0.2, 0) is 9.84 Å². The van der Waals surface area contributed by atoms with E-state index in [4.69, 9.17) is 0 Å². The Kier molecular flexibility index (Phi) is 4.13. The summed E-state index contributed by atoms with van der Waals surface area (Å²) in [4.78, 5) is -0.292. The Labute approximate surface area is 96.2 Å². The van der Waals surface area contributed by atoms with E-state index in [0.717, 1.165) is 18.2 Å². The van der Waals surface area contributed by atoms with Gasteiger partial charge in [0.2, 0.25) is 0 Å². The van der Waals surface area contributed by atoms with E-state index in [1.165, 1.54) is 6.07 Å². The van der Waals surface area contributed by atoms with Gasteiger partial charge in [0.05, 0.1) is 10.6 Å². The molecular weight excluding hydrogens is 260 g/mol. The molecule has 0 spiro atoms. The van der Waals surface area contributed by atoms with Crippen LogP contribution in [0.25, 0.3) is 0 Å². The Morgan fingerprint density at radius 2 is 1.82 bits per heavy atom. The summed E-state index contributed by atoms with van der Waals surface area (Å²) in [5, 5.41) is 0. The Hall–Kier alpha value is -1.11. The summed E-state index contributed by atoms with van der Waals surface area (Å²) < 4.78 is 71.4. The highest BCUT2D eigenvalue weighted by Crippen LogP contribution is 2.23. The highest BCUT2D eigenvalue weighted by atomic mass is 32.2. The van der Waals surface area contributed by atoms with Crippen LogP contribution in [0.5, 0.6) is 0 Å². The van der Waals surface area contributed by atoms with Crippen molar-refractivity contribution >= 4 is 9.84 Å². The molecule has 7 heteroatoms. The first-order chi connectivity index (χ1) is 7.71. The van der Waals surface area contributed by atoms with Gasteiger partial charge in [-0.3, -0.25) is 0 Å². The number of hydrogen-bond acceptors (Lipinski definition) is 2. The van der Waals surface area contributed by atoms with Crippen molar-refractivity contribution in [3.63, 3.8) is 0 Å². The maximum Gasteiger partial charge on any atom is 0.389 e. The Morgan fingerprint density at radius 1 is 1.18 bits per heavy atom. The van der Waals surface area contributed by atoms with Gasteiger partial charge in [0, 0.05) is 6.42 Å². The van der Waals surface area contributed by atoms with Gasteiger partial charge in [-0.2, -0.15) is 13.2 Å². The predicted molar refractivity (Wildman–Crippen MR) is 53.7 cm³/mol. The second-order valence-corrected chi connectivity index (χ2v) is 5.60. The number of sulfone groups is 1. The van der Waals surface area contributed by atoms with E-state index in [1.807, 2.05) is 0 Å². The summed E-state index contributed by atoms with van der Waals surface area (Å²) >= 11 is 0. The smallest absolute Gasteiger partial charge is 0.224 e. The standard InChI is InChI=1S/C10H10F4O2S/c11-8-3-1-4-9(7-8)17(15,16)6-2-5-10(12,13)14/h1,3-4,7H,2,5-6H2. The molecule has 0 saturated heterocycles. The van der Waals surface area contributed by atoms with Crippen molar-refractivity contribution in [2.45, 2.75) is 23.9 Å². The van der Waals surface area contributed by atoms with Crippen LogP contribution in [-0.4, -0.2) is 20.3 Å². The molecular formula is C10H10F4O2S. The highest BCUT2D eigenvalue weighted by Gasteiger charge is 2.27. The molecule has 0 heterocycles. The summed E-state index contributed by atoms with van der Waals surface area (Å²) in [6.07, 6.45) is -6.07. The largest absolute Gasteiger partial charge is 0.389 e. The zero-order valence-corrected chi connectivity index (χ0v) is 9.48. The molecule has 0 radical (unpaired) electrons. The van der Waals surface area contributed by atoms with Gasteiger partial charge in [0.15, 0.2) is 9.84 Å². The molecule has 0 bridgehead atoms. The van der Waals surface area contributed by atoms with Gasteiger partial charge in [-0.25, -0.2) is 12.8 Å². The average Bonchev–Trinajstić information content (AvgIpc) is 2.15. The zero-order valence-electron chi connectivity index (χ0n) is 8.67. The fourth-order valence-electron chi connectivity index (χ4n) is 1.24. The van der Waals surface area contributed by atoms with Crippen molar-refractivity contribution in [1.82, 2.24) is 0 Å². The molecule has 1 aromatic rings. The molecule has 17 heavy (non-hydrogen) atoms. The Balaban J connectivity index is 2.70. The lowest BCUT2D eigenvalue weighted by atomic mass is 10.3. The molecule has 0 aliphatic rings. The van der Waals surface area contributed by atoms with E-state index in [0.29, 0.717) is 0 Å². The van der Waals surface area contributed by atoms with E-state index in [1.54, 1.807) is 0 Å². The topological polar surface area (TPSA) is 34.1 Å². The third-order valence-electron chi connectivity index (χ3n) is 2.03. The average molecular weight is 270 g/mol. The predicted octanol–water partition coefficient (Wildman–Crippen LogP) is 2.94. The Morgan fingerprint density at radius 3 is 2.35 bits per heavy atom. The first-order valence-corrected chi connectivity index (χ1v) is 6.41. The number of hydrogen-bond donors (Lipinski definition) is 0. The number of benzene rings is 1. The lowest BCUT2D eigenvalue weighted by Gasteiger charge is -2.07. The van der Waals surface area contributed by atoms with Gasteiger partial charge in [-0.15, -0.1) is 0 Å². The second kappa shape index (κ2) is 5.03. The van der Waals surface area contributed by atoms with Crippen LogP contribution >= 0.6 is 0 Å². The van der Waals surface area contributed by atoms with E-state index in [9.17, 15) is 26.0 Å². The SMILES string of the molecule is O=S(=O)(CCCC(F)(F)F)c1cccc(F)c1. The molecule has 0 aliphatic heterocycles. The molecule has 1 aromatic carbocycles. The third-order valence-corrected chi connectivity index (χ3v) is 3.83. The molecule has 0 fully saturated rings. The van der Waals surface area contributed by atoms with Gasteiger partial charge in [0.1, 0.15) is 5.82 Å². The van der Waals surface area contributed by atoms with Crippen LogP contribution in [0.15, 0.2) is 29.2 Å². The van der Waals surface area contributed by atoms with E-state index >= 15 is 0 Å². The fraction of sp³-hybridized carbons (Fsp3) is 0.400. The third kappa shape index (κ3) is 4.72. The summed E-state index contributed by atoms with van der Waals surface area (Å²) in [6, 6.07) is 4.22. The maximum absolute atomic E-state index is 12.8. The van der Waals surface area contributed by atoms with Gasteiger partial charge in [-0.1, -0.05) is 6.07 Å². The normalized spacial score (nSPS) is 12.7. The van der Waals surface area contributed by atoms with Crippen molar-refractivity contribution in [1.29, 1.82) is 0 Å². The number of halogens is 4. The van der Waals surface area contributed by atoms with Crippen molar-refractivity contribution in [2.24, 2.45) is 0 Å².